The third-order valence-corrected chi connectivity index (χ3v) is 3.47. The molecule has 2 unspecified atom stereocenters. The first kappa shape index (κ1) is 18.4. The van der Waals surface area contributed by atoms with Crippen LogP contribution >= 0.6 is 0 Å². The molecule has 0 bridgehead atoms. The SMILES string of the molecule is COCCCN(C)C(C)CC(C)(NC(C)C)C(N)=O. The summed E-state index contributed by atoms with van der Waals surface area (Å²) in [5.41, 5.74) is 4.89. The molecule has 19 heavy (non-hydrogen) atoms. The molecule has 114 valence electrons. The second kappa shape index (κ2) is 8.51. The highest BCUT2D eigenvalue weighted by atomic mass is 16.5. The number of hydrogen-bond donors (Lipinski definition) is 2. The van der Waals surface area contributed by atoms with Crippen molar-refractivity contribution in [1.29, 1.82) is 0 Å². The van der Waals surface area contributed by atoms with Crippen LogP contribution in [0, 0.1) is 0 Å². The van der Waals surface area contributed by atoms with Crippen molar-refractivity contribution >= 4 is 5.91 Å². The van der Waals surface area contributed by atoms with E-state index in [0.717, 1.165) is 19.6 Å². The summed E-state index contributed by atoms with van der Waals surface area (Å²) in [6.07, 6.45) is 1.69. The van der Waals surface area contributed by atoms with Crippen molar-refractivity contribution in [2.24, 2.45) is 5.73 Å². The average molecular weight is 273 g/mol. The van der Waals surface area contributed by atoms with E-state index in [1.54, 1.807) is 7.11 Å². The fourth-order valence-electron chi connectivity index (χ4n) is 2.29. The number of ether oxygens (including phenoxy) is 1. The Morgan fingerprint density at radius 1 is 1.42 bits per heavy atom. The molecule has 5 heteroatoms. The van der Waals surface area contributed by atoms with E-state index in [1.807, 2.05) is 20.8 Å². The van der Waals surface area contributed by atoms with Gasteiger partial charge < -0.3 is 20.7 Å². The molecule has 0 aromatic rings. The van der Waals surface area contributed by atoms with Gasteiger partial charge in [0, 0.05) is 32.3 Å². The molecule has 0 aromatic heterocycles. The summed E-state index contributed by atoms with van der Waals surface area (Å²) >= 11 is 0. The molecule has 0 saturated heterocycles. The van der Waals surface area contributed by atoms with Gasteiger partial charge in [-0.2, -0.15) is 0 Å². The van der Waals surface area contributed by atoms with Crippen LogP contribution in [0.1, 0.15) is 40.5 Å². The standard InChI is InChI=1S/C14H31N3O2/c1-11(2)16-14(4,13(15)18)10-12(3)17(5)8-7-9-19-6/h11-12,16H,7-10H2,1-6H3,(H2,15,18). The summed E-state index contributed by atoms with van der Waals surface area (Å²) in [6.45, 7) is 9.76. The fraction of sp³-hybridized carbons (Fsp3) is 0.929. The zero-order valence-corrected chi connectivity index (χ0v) is 13.3. The van der Waals surface area contributed by atoms with Crippen LogP contribution in [0.4, 0.5) is 0 Å². The predicted molar refractivity (Wildman–Crippen MR) is 79.1 cm³/mol. The second-order valence-corrected chi connectivity index (χ2v) is 5.88. The van der Waals surface area contributed by atoms with Gasteiger partial charge in [0.1, 0.15) is 0 Å². The van der Waals surface area contributed by atoms with Gasteiger partial charge in [0.15, 0.2) is 0 Å². The van der Waals surface area contributed by atoms with Crippen LogP contribution in [0.5, 0.6) is 0 Å². The van der Waals surface area contributed by atoms with Crippen LogP contribution in [0.3, 0.4) is 0 Å². The van der Waals surface area contributed by atoms with Crippen molar-refractivity contribution < 1.29 is 9.53 Å². The van der Waals surface area contributed by atoms with Crippen molar-refractivity contribution in [3.8, 4) is 0 Å². The maximum absolute atomic E-state index is 11.7. The van der Waals surface area contributed by atoms with Crippen molar-refractivity contribution in [3.63, 3.8) is 0 Å². The molecular weight excluding hydrogens is 242 g/mol. The highest BCUT2D eigenvalue weighted by molar-refractivity contribution is 5.84. The number of nitrogens with zero attached hydrogens (tertiary/aromatic N) is 1. The largest absolute Gasteiger partial charge is 0.385 e. The maximum Gasteiger partial charge on any atom is 0.237 e. The molecule has 0 aliphatic heterocycles. The number of carbonyl (C=O) groups is 1. The number of methoxy groups -OCH3 is 1. The van der Waals surface area contributed by atoms with E-state index in [2.05, 4.69) is 24.2 Å². The van der Waals surface area contributed by atoms with Crippen molar-refractivity contribution in [3.05, 3.63) is 0 Å². The summed E-state index contributed by atoms with van der Waals surface area (Å²) in [5, 5.41) is 3.28. The molecule has 0 rings (SSSR count). The van der Waals surface area contributed by atoms with Gasteiger partial charge in [-0.15, -0.1) is 0 Å². The third kappa shape index (κ3) is 6.89. The molecule has 0 aromatic carbocycles. The highest BCUT2D eigenvalue weighted by Crippen LogP contribution is 2.16. The number of carbonyl (C=O) groups excluding carboxylic acids is 1. The van der Waals surface area contributed by atoms with E-state index in [0.29, 0.717) is 6.42 Å². The van der Waals surface area contributed by atoms with Crippen molar-refractivity contribution in [1.82, 2.24) is 10.2 Å². The Balaban J connectivity index is 4.45. The lowest BCUT2D eigenvalue weighted by atomic mass is 9.91. The van der Waals surface area contributed by atoms with Gasteiger partial charge in [-0.1, -0.05) is 0 Å². The Morgan fingerprint density at radius 3 is 2.42 bits per heavy atom. The summed E-state index contributed by atoms with van der Waals surface area (Å²) in [4.78, 5) is 13.9. The molecule has 0 aliphatic carbocycles. The van der Waals surface area contributed by atoms with Gasteiger partial charge >= 0.3 is 0 Å². The van der Waals surface area contributed by atoms with Crippen molar-refractivity contribution in [2.45, 2.75) is 58.2 Å². The third-order valence-electron chi connectivity index (χ3n) is 3.47. The molecule has 5 nitrogen and oxygen atoms in total. The summed E-state index contributed by atoms with van der Waals surface area (Å²) in [5.74, 6) is -0.293. The van der Waals surface area contributed by atoms with E-state index < -0.39 is 5.54 Å². The lowest BCUT2D eigenvalue weighted by molar-refractivity contribution is -0.124. The van der Waals surface area contributed by atoms with E-state index in [1.165, 1.54) is 0 Å². The minimum absolute atomic E-state index is 0.225. The van der Waals surface area contributed by atoms with Gasteiger partial charge in [-0.25, -0.2) is 0 Å². The van der Waals surface area contributed by atoms with Crippen LogP contribution in [0.15, 0.2) is 0 Å². The maximum atomic E-state index is 11.7. The average Bonchev–Trinajstić information content (AvgIpc) is 2.27. The van der Waals surface area contributed by atoms with Gasteiger partial charge in [-0.05, 0) is 47.6 Å². The zero-order chi connectivity index (χ0) is 15.1. The van der Waals surface area contributed by atoms with E-state index >= 15 is 0 Å². The molecule has 1 amide bonds. The van der Waals surface area contributed by atoms with E-state index in [4.69, 9.17) is 10.5 Å². The lowest BCUT2D eigenvalue weighted by Gasteiger charge is -2.35. The Hall–Kier alpha value is -0.650. The molecule has 0 fully saturated rings. The van der Waals surface area contributed by atoms with Gasteiger partial charge in [0.2, 0.25) is 5.91 Å². The molecule has 0 radical (unpaired) electrons. The smallest absolute Gasteiger partial charge is 0.237 e. The van der Waals surface area contributed by atoms with Gasteiger partial charge in [-0.3, -0.25) is 4.79 Å². The summed E-state index contributed by atoms with van der Waals surface area (Å²) in [6, 6.07) is 0.504. The zero-order valence-electron chi connectivity index (χ0n) is 13.3. The Labute approximate surface area is 117 Å². The van der Waals surface area contributed by atoms with Crippen LogP contribution in [0.2, 0.25) is 0 Å². The Bertz CT molecular complexity index is 271. The quantitative estimate of drug-likeness (QED) is 0.582. The number of hydrogen-bond acceptors (Lipinski definition) is 4. The van der Waals surface area contributed by atoms with Crippen molar-refractivity contribution in [2.75, 3.05) is 27.3 Å². The fourth-order valence-corrected chi connectivity index (χ4v) is 2.29. The first-order chi connectivity index (χ1) is 8.73. The molecule has 0 aliphatic rings. The molecule has 0 heterocycles. The molecule has 0 saturated carbocycles. The van der Waals surface area contributed by atoms with Gasteiger partial charge in [0.05, 0.1) is 5.54 Å². The van der Waals surface area contributed by atoms with Gasteiger partial charge in [0.25, 0.3) is 0 Å². The number of primary amides is 1. The van der Waals surface area contributed by atoms with E-state index in [-0.39, 0.29) is 18.0 Å². The van der Waals surface area contributed by atoms with E-state index in [9.17, 15) is 4.79 Å². The monoisotopic (exact) mass is 273 g/mol. The number of nitrogens with two attached hydrogens (primary N) is 1. The number of nitrogens with one attached hydrogen (secondary N) is 1. The first-order valence-electron chi connectivity index (χ1n) is 6.99. The minimum atomic E-state index is -0.664. The topological polar surface area (TPSA) is 67.6 Å². The molecule has 0 spiro atoms. The number of amides is 1. The molecular formula is C14H31N3O2. The van der Waals surface area contributed by atoms with Crippen LogP contribution in [-0.2, 0) is 9.53 Å². The molecule has 2 atom stereocenters. The highest BCUT2D eigenvalue weighted by Gasteiger charge is 2.33. The summed E-state index contributed by atoms with van der Waals surface area (Å²) in [7, 11) is 3.78. The summed E-state index contributed by atoms with van der Waals surface area (Å²) < 4.78 is 5.05. The first-order valence-corrected chi connectivity index (χ1v) is 6.99. The second-order valence-electron chi connectivity index (χ2n) is 5.88. The van der Waals surface area contributed by atoms with Crippen LogP contribution in [0.25, 0.3) is 0 Å². The predicted octanol–water partition coefficient (Wildman–Crippen LogP) is 0.975. The van der Waals surface area contributed by atoms with Crippen LogP contribution in [-0.4, -0.2) is 55.7 Å². The molecule has 3 N–H and O–H groups in total. The van der Waals surface area contributed by atoms with Crippen LogP contribution < -0.4 is 11.1 Å². The number of rotatable bonds is 10. The minimum Gasteiger partial charge on any atom is -0.385 e. The lowest BCUT2D eigenvalue weighted by Crippen LogP contribution is -2.58. The Kier molecular flexibility index (Phi) is 8.22. The normalized spacial score (nSPS) is 16.6. The Morgan fingerprint density at radius 2 is 2.00 bits per heavy atom.